The lowest BCUT2D eigenvalue weighted by atomic mass is 9.92. The van der Waals surface area contributed by atoms with Gasteiger partial charge in [0.25, 0.3) is 0 Å². The Morgan fingerprint density at radius 2 is 1.12 bits per heavy atom. The summed E-state index contributed by atoms with van der Waals surface area (Å²) in [4.78, 5) is 21.7. The molecule has 0 heterocycles. The van der Waals surface area contributed by atoms with Gasteiger partial charge < -0.3 is 23.7 Å². The summed E-state index contributed by atoms with van der Waals surface area (Å²) in [6.07, 6.45) is 2.71. The number of hydrogen-bond donors (Lipinski definition) is 0. The third-order valence-corrected chi connectivity index (χ3v) is 4.99. The van der Waals surface area contributed by atoms with E-state index in [2.05, 4.69) is 0 Å². The van der Waals surface area contributed by atoms with Gasteiger partial charge in [-0.2, -0.15) is 0 Å². The first-order chi connectivity index (χ1) is 16.1. The van der Waals surface area contributed by atoms with Gasteiger partial charge in [-0.25, -0.2) is 0 Å². The molecule has 0 saturated heterocycles. The predicted molar refractivity (Wildman–Crippen MR) is 126 cm³/mol. The molecule has 0 aromatic heterocycles. The van der Waals surface area contributed by atoms with E-state index in [9.17, 15) is 20.2 Å². The number of nitro groups is 2. The highest BCUT2D eigenvalue weighted by atomic mass is 16.6. The van der Waals surface area contributed by atoms with Crippen molar-refractivity contribution in [3.8, 4) is 39.9 Å². The molecular formula is C23H26N2O9. The van der Waals surface area contributed by atoms with Crippen LogP contribution in [0.1, 0.15) is 25.0 Å². The van der Waals surface area contributed by atoms with Crippen LogP contribution in [0, 0.1) is 20.2 Å². The zero-order valence-electron chi connectivity index (χ0n) is 20.0. The van der Waals surface area contributed by atoms with E-state index in [1.807, 2.05) is 0 Å². The third kappa shape index (κ3) is 5.20. The summed E-state index contributed by atoms with van der Waals surface area (Å²) in [5, 5.41) is 22.7. The molecule has 2 aromatic rings. The molecule has 0 N–H and O–H groups in total. The fourth-order valence-electron chi connectivity index (χ4n) is 3.35. The Labute approximate surface area is 196 Å². The molecule has 182 valence electrons. The van der Waals surface area contributed by atoms with E-state index in [1.165, 1.54) is 61.5 Å². The molecule has 0 spiro atoms. The van der Waals surface area contributed by atoms with Crippen molar-refractivity contribution >= 4 is 12.2 Å². The highest BCUT2D eigenvalue weighted by Gasteiger charge is 2.25. The molecule has 11 nitrogen and oxygen atoms in total. The smallest absolute Gasteiger partial charge is 0.243 e. The molecule has 2 rings (SSSR count). The Kier molecular flexibility index (Phi) is 8.43. The highest BCUT2D eigenvalue weighted by Crippen LogP contribution is 2.50. The molecule has 0 aliphatic rings. The second kappa shape index (κ2) is 11.0. The van der Waals surface area contributed by atoms with Crippen molar-refractivity contribution in [2.45, 2.75) is 13.8 Å². The number of nitrogens with zero attached hydrogens (tertiary/aromatic N) is 2. The van der Waals surface area contributed by atoms with Gasteiger partial charge in [0.1, 0.15) is 0 Å². The molecule has 11 heteroatoms. The van der Waals surface area contributed by atoms with Gasteiger partial charge in [0, 0.05) is 31.6 Å². The molecule has 0 fully saturated rings. The number of methoxy groups -OCH3 is 5. The summed E-state index contributed by atoms with van der Waals surface area (Å²) in [7, 11) is 7.15. The Balaban J connectivity index is 3.14. The number of hydrogen-bond acceptors (Lipinski definition) is 9. The standard InChI is InChI=1S/C23H26N2O9/c1-13(24(26)27)8-15-10-18(30-3)19(31-4)12-17(15)21-16(9-14(2)25(28)29)11-20(32-5)22(33-6)23(21)34-7/h8-12H,1-7H3/b13-8+,14-9+. The lowest BCUT2D eigenvalue weighted by Gasteiger charge is -2.21. The van der Waals surface area contributed by atoms with Gasteiger partial charge in [0.2, 0.25) is 17.1 Å². The number of benzene rings is 2. The van der Waals surface area contributed by atoms with Crippen LogP contribution in [0.5, 0.6) is 28.7 Å². The summed E-state index contributed by atoms with van der Waals surface area (Å²) in [5.41, 5.74) is 1.29. The van der Waals surface area contributed by atoms with Crippen LogP contribution in [0.15, 0.2) is 29.6 Å². The van der Waals surface area contributed by atoms with Crippen molar-refractivity contribution < 1.29 is 33.5 Å². The number of ether oxygens (including phenoxy) is 5. The summed E-state index contributed by atoms with van der Waals surface area (Å²) in [6.45, 7) is 2.70. The third-order valence-electron chi connectivity index (χ3n) is 4.99. The predicted octanol–water partition coefficient (Wildman–Crippen LogP) is 4.67. The molecule has 0 saturated carbocycles. The second-order valence-electron chi connectivity index (χ2n) is 6.99. The van der Waals surface area contributed by atoms with Gasteiger partial charge in [-0.05, 0) is 34.9 Å². The van der Waals surface area contributed by atoms with E-state index < -0.39 is 9.85 Å². The van der Waals surface area contributed by atoms with E-state index in [0.717, 1.165) is 0 Å². The van der Waals surface area contributed by atoms with Gasteiger partial charge in [-0.3, -0.25) is 20.2 Å². The van der Waals surface area contributed by atoms with E-state index in [1.54, 1.807) is 18.2 Å². The zero-order chi connectivity index (χ0) is 25.6. The van der Waals surface area contributed by atoms with Gasteiger partial charge in [0.15, 0.2) is 23.0 Å². The van der Waals surface area contributed by atoms with E-state index in [0.29, 0.717) is 33.8 Å². The van der Waals surface area contributed by atoms with E-state index in [-0.39, 0.29) is 28.6 Å². The van der Waals surface area contributed by atoms with Crippen LogP contribution in [-0.4, -0.2) is 45.4 Å². The van der Waals surface area contributed by atoms with Crippen LogP contribution >= 0.6 is 0 Å². The molecule has 0 atom stereocenters. The van der Waals surface area contributed by atoms with Gasteiger partial charge in [-0.15, -0.1) is 0 Å². The maximum absolute atomic E-state index is 11.4. The number of rotatable bonds is 10. The first kappa shape index (κ1) is 26.0. The van der Waals surface area contributed by atoms with Crippen LogP contribution in [-0.2, 0) is 0 Å². The maximum atomic E-state index is 11.4. The average molecular weight is 474 g/mol. The zero-order valence-corrected chi connectivity index (χ0v) is 20.0. The Morgan fingerprint density at radius 1 is 0.676 bits per heavy atom. The first-order valence-electron chi connectivity index (χ1n) is 9.88. The quantitative estimate of drug-likeness (QED) is 0.356. The van der Waals surface area contributed by atoms with Crippen molar-refractivity contribution in [1.82, 2.24) is 0 Å². The summed E-state index contributed by atoms with van der Waals surface area (Å²) >= 11 is 0. The van der Waals surface area contributed by atoms with Crippen molar-refractivity contribution in [2.24, 2.45) is 0 Å². The van der Waals surface area contributed by atoms with Crippen molar-refractivity contribution in [3.63, 3.8) is 0 Å². The van der Waals surface area contributed by atoms with E-state index in [4.69, 9.17) is 23.7 Å². The molecule has 0 aliphatic carbocycles. The minimum Gasteiger partial charge on any atom is -0.493 e. The van der Waals surface area contributed by atoms with Crippen molar-refractivity contribution in [1.29, 1.82) is 0 Å². The molecule has 34 heavy (non-hydrogen) atoms. The minimum atomic E-state index is -0.529. The highest BCUT2D eigenvalue weighted by molar-refractivity contribution is 5.90. The summed E-state index contributed by atoms with van der Waals surface area (Å²) in [5.74, 6) is 1.42. The molecule has 2 aromatic carbocycles. The van der Waals surface area contributed by atoms with Crippen LogP contribution < -0.4 is 23.7 Å². The lowest BCUT2D eigenvalue weighted by Crippen LogP contribution is -2.02. The normalized spacial score (nSPS) is 11.6. The fourth-order valence-corrected chi connectivity index (χ4v) is 3.35. The molecule has 0 radical (unpaired) electrons. The fraction of sp³-hybridized carbons (Fsp3) is 0.304. The van der Waals surface area contributed by atoms with Crippen LogP contribution in [0.3, 0.4) is 0 Å². The van der Waals surface area contributed by atoms with Crippen molar-refractivity contribution in [3.05, 3.63) is 60.9 Å². The van der Waals surface area contributed by atoms with Gasteiger partial charge >= 0.3 is 0 Å². The molecule has 0 amide bonds. The first-order valence-corrected chi connectivity index (χ1v) is 9.88. The van der Waals surface area contributed by atoms with Crippen LogP contribution in [0.25, 0.3) is 23.3 Å². The lowest BCUT2D eigenvalue weighted by molar-refractivity contribution is -0.422. The Morgan fingerprint density at radius 3 is 1.56 bits per heavy atom. The topological polar surface area (TPSA) is 132 Å². The van der Waals surface area contributed by atoms with E-state index >= 15 is 0 Å². The molecule has 0 unspecified atom stereocenters. The van der Waals surface area contributed by atoms with Gasteiger partial charge in [0.05, 0.1) is 45.4 Å². The summed E-state index contributed by atoms with van der Waals surface area (Å²) in [6, 6.07) is 4.75. The van der Waals surface area contributed by atoms with Gasteiger partial charge in [-0.1, -0.05) is 0 Å². The average Bonchev–Trinajstić information content (AvgIpc) is 2.82. The Hall–Kier alpha value is -4.28. The number of allylic oxidation sites excluding steroid dienone is 2. The molecular weight excluding hydrogens is 448 g/mol. The maximum Gasteiger partial charge on any atom is 0.243 e. The molecule has 0 aliphatic heterocycles. The van der Waals surface area contributed by atoms with Crippen molar-refractivity contribution in [2.75, 3.05) is 35.5 Å². The molecule has 0 bridgehead atoms. The monoisotopic (exact) mass is 474 g/mol. The largest absolute Gasteiger partial charge is 0.493 e. The SMILES string of the molecule is COc1cc(/C=C(\C)[N+](=O)[O-])c(-c2c(/C=C(\C)[N+](=O)[O-])cc(OC)c(OC)c2OC)cc1OC. The Bertz CT molecular complexity index is 1170. The van der Waals surface area contributed by atoms with Crippen LogP contribution in [0.4, 0.5) is 0 Å². The minimum absolute atomic E-state index is 0.133. The second-order valence-corrected chi connectivity index (χ2v) is 6.99. The summed E-state index contributed by atoms with van der Waals surface area (Å²) < 4.78 is 27.4. The van der Waals surface area contributed by atoms with Crippen LogP contribution in [0.2, 0.25) is 0 Å².